The quantitative estimate of drug-likeness (QED) is 0.0483. The first-order chi connectivity index (χ1) is 26.5. The maximum Gasteiger partial charge on any atom is 0.749 e. The molecule has 55 heavy (non-hydrogen) atoms. The Morgan fingerprint density at radius 3 is 1.09 bits per heavy atom. The molecule has 0 saturated heterocycles. The van der Waals surface area contributed by atoms with Crippen LogP contribution in [0.3, 0.4) is 0 Å². The average Bonchev–Trinajstić information content (AvgIpc) is 3.15. The van der Waals surface area contributed by atoms with Crippen LogP contribution in [0.5, 0.6) is 11.5 Å². The van der Waals surface area contributed by atoms with Crippen LogP contribution in [0.2, 0.25) is 0 Å². The minimum atomic E-state index is -3.65. The molecular formula is C39H52N4O10Si2. The van der Waals surface area contributed by atoms with E-state index in [0.717, 1.165) is 11.1 Å². The van der Waals surface area contributed by atoms with Gasteiger partial charge in [0.15, 0.2) is 0 Å². The Labute approximate surface area is 325 Å². The smallest absolute Gasteiger partial charge is 0.478 e. The van der Waals surface area contributed by atoms with Crippen LogP contribution in [0.4, 0.5) is 22.7 Å². The van der Waals surface area contributed by atoms with E-state index in [-0.39, 0.29) is 51.5 Å². The summed E-state index contributed by atoms with van der Waals surface area (Å²) in [6.45, 7) is 12.7. The highest BCUT2D eigenvalue weighted by Gasteiger charge is 2.49. The van der Waals surface area contributed by atoms with Crippen LogP contribution >= 0.6 is 0 Å². The third-order valence-electron chi connectivity index (χ3n) is 7.73. The lowest BCUT2D eigenvalue weighted by Crippen LogP contribution is -2.52. The number of nitrogen functional groups attached to an aromatic ring is 2. The number of anilines is 4. The third kappa shape index (κ3) is 12.1. The Bertz CT molecular complexity index is 1680. The van der Waals surface area contributed by atoms with Crippen molar-refractivity contribution in [2.45, 2.75) is 48.0 Å². The first kappa shape index (κ1) is 42.9. The number of carbonyl (C=O) groups excluding carboxylic acids is 2. The summed E-state index contributed by atoms with van der Waals surface area (Å²) in [6, 6.07) is 24.0. The first-order valence-electron chi connectivity index (χ1n) is 18.3. The number of hydrogen-bond donors (Lipinski definition) is 4. The predicted molar refractivity (Wildman–Crippen MR) is 216 cm³/mol. The summed E-state index contributed by atoms with van der Waals surface area (Å²) in [6.07, 6.45) is 0.381. The first-order valence-corrected chi connectivity index (χ1v) is 21.6. The van der Waals surface area contributed by atoms with E-state index in [0.29, 0.717) is 51.8 Å². The zero-order chi connectivity index (χ0) is 39.8. The van der Waals surface area contributed by atoms with E-state index < -0.39 is 18.1 Å². The van der Waals surface area contributed by atoms with Crippen LogP contribution in [0, 0.1) is 0 Å². The minimum Gasteiger partial charge on any atom is -0.478 e. The van der Waals surface area contributed by atoms with Crippen LogP contribution in [-0.2, 0) is 33.0 Å². The molecule has 0 spiro atoms. The van der Waals surface area contributed by atoms with Gasteiger partial charge >= 0.3 is 18.1 Å². The predicted octanol–water partition coefficient (Wildman–Crippen LogP) is 6.79. The highest BCUT2D eigenvalue weighted by Crippen LogP contribution is 2.34. The van der Waals surface area contributed by atoms with Gasteiger partial charge in [0.2, 0.25) is 0 Å². The van der Waals surface area contributed by atoms with Crippen LogP contribution in [-0.4, -0.2) is 69.6 Å². The Morgan fingerprint density at radius 2 is 0.800 bits per heavy atom. The molecule has 6 N–H and O–H groups in total. The second kappa shape index (κ2) is 20.8. The van der Waals surface area contributed by atoms with Gasteiger partial charge in [-0.05, 0) is 132 Å². The van der Waals surface area contributed by atoms with Gasteiger partial charge in [-0.2, -0.15) is 0 Å². The number of nitrogens with one attached hydrogen (secondary N) is 2. The third-order valence-corrected chi connectivity index (χ3v) is 12.5. The van der Waals surface area contributed by atoms with Crippen LogP contribution in [0.15, 0.2) is 84.9 Å². The van der Waals surface area contributed by atoms with E-state index >= 15 is 0 Å². The Hall–Kier alpha value is -4.79. The molecule has 0 aliphatic rings. The molecule has 4 aromatic rings. The molecule has 0 aliphatic heterocycles. The van der Waals surface area contributed by atoms with E-state index in [1.165, 1.54) is 0 Å². The van der Waals surface area contributed by atoms with Crippen LogP contribution in [0.25, 0.3) is 0 Å². The maximum atomic E-state index is 13.5. The summed E-state index contributed by atoms with van der Waals surface area (Å²) >= 11 is 0. The van der Waals surface area contributed by atoms with Gasteiger partial charge in [0.1, 0.15) is 11.5 Å². The number of hydrogen-bond acceptors (Lipinski definition) is 12. The SMILES string of the molecule is CCO[Si](OCC)(OCC)Oc1ccc(Cc2ccc(O[Si](OCC)(OCC)OCC)c(NC(=O)c3ccc(N)cc3)c2)cc1NC(=O)c1ccc(N)cc1. The van der Waals surface area contributed by atoms with Crippen LogP contribution < -0.4 is 31.0 Å². The van der Waals surface area contributed by atoms with Crippen molar-refractivity contribution in [2.24, 2.45) is 0 Å². The molecule has 0 heterocycles. The highest BCUT2D eigenvalue weighted by molar-refractivity contribution is 6.55. The zero-order valence-corrected chi connectivity index (χ0v) is 34.3. The van der Waals surface area contributed by atoms with E-state index in [1.807, 2.05) is 65.8 Å². The van der Waals surface area contributed by atoms with Gasteiger partial charge in [-0.1, -0.05) is 12.1 Å². The number of carbonyl (C=O) groups is 2. The van der Waals surface area contributed by atoms with Gasteiger partial charge in [0.25, 0.3) is 11.8 Å². The number of amides is 2. The summed E-state index contributed by atoms with van der Waals surface area (Å²) in [5.41, 5.74) is 15.9. The molecule has 0 radical (unpaired) electrons. The average molecular weight is 793 g/mol. The normalized spacial score (nSPS) is 11.6. The molecule has 4 aromatic carbocycles. The van der Waals surface area contributed by atoms with Crippen LogP contribution in [0.1, 0.15) is 73.4 Å². The van der Waals surface area contributed by atoms with E-state index in [2.05, 4.69) is 10.6 Å². The van der Waals surface area contributed by atoms with E-state index in [1.54, 1.807) is 60.7 Å². The molecule has 0 aliphatic carbocycles. The topological polar surface area (TPSA) is 184 Å². The van der Waals surface area contributed by atoms with Crippen molar-refractivity contribution in [2.75, 3.05) is 61.7 Å². The van der Waals surface area contributed by atoms with E-state index in [9.17, 15) is 9.59 Å². The van der Waals surface area contributed by atoms with Crippen molar-refractivity contribution in [3.05, 3.63) is 107 Å². The van der Waals surface area contributed by atoms with Crippen molar-refractivity contribution in [3.8, 4) is 11.5 Å². The monoisotopic (exact) mass is 792 g/mol. The van der Waals surface area contributed by atoms with Crippen molar-refractivity contribution in [3.63, 3.8) is 0 Å². The number of rotatable bonds is 22. The van der Waals surface area contributed by atoms with Crippen molar-refractivity contribution in [1.82, 2.24) is 0 Å². The zero-order valence-electron chi connectivity index (χ0n) is 32.3. The van der Waals surface area contributed by atoms with Gasteiger partial charge in [-0.15, -0.1) is 0 Å². The lowest BCUT2D eigenvalue weighted by molar-refractivity contribution is 0.00887. The summed E-state index contributed by atoms with van der Waals surface area (Å²) in [5.74, 6) is -0.144. The molecule has 4 rings (SSSR count). The molecule has 0 fully saturated rings. The molecule has 0 unspecified atom stereocenters. The highest BCUT2D eigenvalue weighted by atomic mass is 28.4. The molecule has 2 amide bonds. The van der Waals surface area contributed by atoms with E-state index in [4.69, 9.17) is 46.9 Å². The molecule has 0 aromatic heterocycles. The van der Waals surface area contributed by atoms with Crippen molar-refractivity contribution >= 4 is 52.7 Å². The van der Waals surface area contributed by atoms with Gasteiger partial charge in [-0.25, -0.2) is 0 Å². The Kier molecular flexibility index (Phi) is 16.2. The molecule has 14 nitrogen and oxygen atoms in total. The number of benzene rings is 4. The molecule has 0 atom stereocenters. The van der Waals surface area contributed by atoms with Gasteiger partial charge in [0, 0.05) is 62.1 Å². The lowest BCUT2D eigenvalue weighted by Gasteiger charge is -2.28. The second-order valence-corrected chi connectivity index (χ2v) is 15.9. The summed E-state index contributed by atoms with van der Waals surface area (Å²) < 4.78 is 48.4. The summed E-state index contributed by atoms with van der Waals surface area (Å²) in [5, 5.41) is 5.96. The molecule has 16 heteroatoms. The molecule has 0 bridgehead atoms. The fourth-order valence-electron chi connectivity index (χ4n) is 5.40. The largest absolute Gasteiger partial charge is 0.749 e. The summed E-state index contributed by atoms with van der Waals surface area (Å²) in [7, 11) is -7.30. The Balaban J connectivity index is 1.75. The van der Waals surface area contributed by atoms with Gasteiger partial charge in [-0.3, -0.25) is 9.59 Å². The molecule has 0 saturated carbocycles. The molecular weight excluding hydrogens is 741 g/mol. The lowest BCUT2D eigenvalue weighted by atomic mass is 10.0. The van der Waals surface area contributed by atoms with Gasteiger partial charge in [0.05, 0.1) is 11.4 Å². The van der Waals surface area contributed by atoms with Gasteiger partial charge < -0.3 is 57.5 Å². The fourth-order valence-corrected chi connectivity index (χ4v) is 9.27. The second-order valence-electron chi connectivity index (χ2n) is 11.8. The standard InChI is InChI=1S/C39H52N4O10Si2/c1-7-46-54(47-8-2,48-9-3)52-36-23-13-28(26-34(36)42-38(44)30-15-19-32(40)20-16-30)25-29-14-24-37(53-55(49-10-4,50-11-5)51-12-6)35(27-29)43-39(45)31-17-21-33(41)22-18-31/h13-24,26-27H,7-12,25,40-41H2,1-6H3,(H,42,44)(H,43,45). The summed E-state index contributed by atoms with van der Waals surface area (Å²) in [4.78, 5) is 27.0. The number of nitrogens with two attached hydrogens (primary N) is 2. The van der Waals surface area contributed by atoms with Crippen molar-refractivity contribution < 1.29 is 45.0 Å². The molecule has 296 valence electrons. The Morgan fingerprint density at radius 1 is 0.491 bits per heavy atom. The minimum absolute atomic E-state index is 0.289. The maximum absolute atomic E-state index is 13.5. The fraction of sp³-hybridized carbons (Fsp3) is 0.333. The van der Waals surface area contributed by atoms with Crippen molar-refractivity contribution in [1.29, 1.82) is 0 Å².